The summed E-state index contributed by atoms with van der Waals surface area (Å²) in [6.07, 6.45) is 2.34. The van der Waals surface area contributed by atoms with Crippen LogP contribution in [0.25, 0.3) is 0 Å². The molecular weight excluding hydrogens is 892 g/mol. The quantitative estimate of drug-likeness (QED) is 0.0298. The van der Waals surface area contributed by atoms with E-state index in [1.807, 2.05) is 38.0 Å². The third-order valence-electron chi connectivity index (χ3n) is 8.18. The van der Waals surface area contributed by atoms with E-state index >= 15 is 0 Å². The molecule has 0 saturated carbocycles. The van der Waals surface area contributed by atoms with Crippen molar-refractivity contribution in [1.29, 1.82) is 0 Å². The Labute approximate surface area is 382 Å². The Morgan fingerprint density at radius 3 is 0.984 bits per heavy atom. The van der Waals surface area contributed by atoms with Gasteiger partial charge in [-0.3, -0.25) is 33.7 Å². The number of aliphatic hydroxyl groups is 3. The molecule has 19 nitrogen and oxygen atoms in total. The number of quaternary nitrogens is 2. The molecule has 0 heterocycles. The first-order chi connectivity index (χ1) is 28.0. The number of carbonyl (C=O) groups is 6. The Hall–Kier alpha value is -2.69. The molecule has 0 radical (unpaired) electrons. The molecule has 0 aromatic carbocycles. The summed E-state index contributed by atoms with van der Waals surface area (Å²) < 4.78 is 30.3. The first kappa shape index (κ1) is 70.0. The molecule has 0 aliphatic carbocycles. The summed E-state index contributed by atoms with van der Waals surface area (Å²) in [7, 11) is 7.65. The van der Waals surface area contributed by atoms with Crippen molar-refractivity contribution >= 4 is 35.8 Å². The van der Waals surface area contributed by atoms with Crippen LogP contribution in [0.2, 0.25) is 0 Å². The summed E-state index contributed by atoms with van der Waals surface area (Å²) in [5, 5.41) is 25.8. The number of ether oxygens (including phenoxy) is 6. The van der Waals surface area contributed by atoms with Gasteiger partial charge in [0.05, 0.1) is 33.9 Å². The summed E-state index contributed by atoms with van der Waals surface area (Å²) in [5.41, 5.74) is 0. The summed E-state index contributed by atoms with van der Waals surface area (Å²) in [6, 6.07) is 0. The molecule has 366 valence electrons. The number of nitrogens with one attached hydrogen (secondary N) is 1. The van der Waals surface area contributed by atoms with Gasteiger partial charge in [0, 0.05) is 64.7 Å². The van der Waals surface area contributed by atoms with Crippen LogP contribution in [-0.4, -0.2) is 212 Å². The van der Waals surface area contributed by atoms with Gasteiger partial charge in [0.15, 0.2) is 0 Å². The smallest absolute Gasteiger partial charge is 0.305 e. The van der Waals surface area contributed by atoms with Crippen LogP contribution in [-0.2, 0) is 57.2 Å². The van der Waals surface area contributed by atoms with Crippen LogP contribution in [0.3, 0.4) is 0 Å². The van der Waals surface area contributed by atoms with Gasteiger partial charge < -0.3 is 87.4 Å². The van der Waals surface area contributed by atoms with Gasteiger partial charge in [0.2, 0.25) is 0 Å². The number of esters is 6. The highest BCUT2D eigenvalue weighted by Crippen LogP contribution is 2.03. The normalized spacial score (nSPS) is 10.2. The van der Waals surface area contributed by atoms with Crippen LogP contribution in [0.1, 0.15) is 80.1 Å². The Morgan fingerprint density at radius 2 is 0.721 bits per heavy atom. The van der Waals surface area contributed by atoms with Gasteiger partial charge in [0.1, 0.15) is 72.4 Å². The number of likely N-dealkylation sites (N-methyl/N-ethyl adjacent to an activating group) is 4. The largest absolute Gasteiger partial charge is 1.00 e. The lowest BCUT2D eigenvalue weighted by atomic mass is 10.3. The van der Waals surface area contributed by atoms with E-state index in [0.29, 0.717) is 128 Å². The van der Waals surface area contributed by atoms with Crippen LogP contribution in [0.15, 0.2) is 0 Å². The monoisotopic (exact) mass is 972 g/mol. The van der Waals surface area contributed by atoms with Crippen molar-refractivity contribution < 1.29 is 111 Å². The molecule has 4 N–H and O–H groups in total. The van der Waals surface area contributed by atoms with E-state index in [9.17, 15) is 28.8 Å². The van der Waals surface area contributed by atoms with E-state index in [1.165, 1.54) is 4.90 Å². The van der Waals surface area contributed by atoms with E-state index in [0.717, 1.165) is 13.1 Å². The molecule has 0 saturated heterocycles. The van der Waals surface area contributed by atoms with Crippen molar-refractivity contribution in [2.24, 2.45) is 0 Å². The van der Waals surface area contributed by atoms with Gasteiger partial charge in [-0.1, -0.05) is 41.5 Å². The molecule has 0 unspecified atom stereocenters. The van der Waals surface area contributed by atoms with Crippen molar-refractivity contribution in [3.05, 3.63) is 0 Å². The fraction of sp³-hybridized carbons (Fsp3) is 0.850. The zero-order chi connectivity index (χ0) is 45.9. The van der Waals surface area contributed by atoms with Crippen molar-refractivity contribution in [2.75, 3.05) is 147 Å². The second-order valence-electron chi connectivity index (χ2n) is 13.5. The van der Waals surface area contributed by atoms with E-state index in [4.69, 9.17) is 43.7 Å². The zero-order valence-electron chi connectivity index (χ0n) is 38.8. The maximum atomic E-state index is 11.0. The van der Waals surface area contributed by atoms with Crippen LogP contribution >= 0.6 is 0 Å². The highest BCUT2D eigenvalue weighted by atomic mass is 79.9. The molecule has 0 spiro atoms. The van der Waals surface area contributed by atoms with E-state index in [-0.39, 0.29) is 85.0 Å². The average molecular weight is 974 g/mol. The van der Waals surface area contributed by atoms with E-state index < -0.39 is 0 Å². The SMILES string of the molecule is CCC(=O)OCCN(C)CCOC(=O)CC.CCC(=O)OCC[N+](C)(CCO)CCOC(=O)CC.CCC(=O)OCC[NH+](C)CCOC(=O)CC.CN(CCO)CCO.[Br-].[Cl-]. The van der Waals surface area contributed by atoms with Crippen molar-refractivity contribution in [1.82, 2.24) is 9.80 Å². The molecule has 0 amide bonds. The maximum absolute atomic E-state index is 11.0. The molecule has 0 aromatic rings. The molecular formula is C40H82BrClN4O15. The summed E-state index contributed by atoms with van der Waals surface area (Å²) in [4.78, 5) is 70.4. The Balaban J connectivity index is -0.000000169. The molecule has 0 atom stereocenters. The predicted molar refractivity (Wildman–Crippen MR) is 221 cm³/mol. The van der Waals surface area contributed by atoms with Crippen molar-refractivity contribution in [3.63, 3.8) is 0 Å². The molecule has 0 rings (SSSR count). The lowest BCUT2D eigenvalue weighted by Crippen LogP contribution is -3.10. The molecule has 0 aliphatic heterocycles. The minimum absolute atomic E-state index is 0. The Morgan fingerprint density at radius 1 is 0.459 bits per heavy atom. The van der Waals surface area contributed by atoms with Gasteiger partial charge in [0.25, 0.3) is 0 Å². The van der Waals surface area contributed by atoms with Crippen molar-refractivity contribution in [3.8, 4) is 0 Å². The first-order valence-electron chi connectivity index (χ1n) is 20.8. The summed E-state index contributed by atoms with van der Waals surface area (Å²) >= 11 is 0. The van der Waals surface area contributed by atoms with Crippen LogP contribution in [0.5, 0.6) is 0 Å². The van der Waals surface area contributed by atoms with E-state index in [2.05, 4.69) is 0 Å². The topological polar surface area (TPSA) is 229 Å². The van der Waals surface area contributed by atoms with E-state index in [1.54, 1.807) is 41.5 Å². The Bertz CT molecular complexity index is 965. The molecule has 21 heteroatoms. The zero-order valence-corrected chi connectivity index (χ0v) is 41.2. The van der Waals surface area contributed by atoms with Crippen LogP contribution in [0.4, 0.5) is 0 Å². The number of hydrogen-bond acceptors (Lipinski definition) is 17. The van der Waals surface area contributed by atoms with Crippen LogP contribution in [0, 0.1) is 0 Å². The number of rotatable bonds is 30. The first-order valence-corrected chi connectivity index (χ1v) is 20.8. The fourth-order valence-corrected chi connectivity index (χ4v) is 3.95. The highest BCUT2D eigenvalue weighted by Gasteiger charge is 2.22. The summed E-state index contributed by atoms with van der Waals surface area (Å²) in [5.74, 6) is -1.19. The molecule has 0 aromatic heterocycles. The second kappa shape index (κ2) is 50.0. The minimum Gasteiger partial charge on any atom is -1.00 e. The summed E-state index contributed by atoms with van der Waals surface area (Å²) in [6.45, 7) is 18.9. The second-order valence-corrected chi connectivity index (χ2v) is 13.5. The minimum atomic E-state index is -0.229. The lowest BCUT2D eigenvalue weighted by Gasteiger charge is -2.33. The number of aliphatic hydroxyl groups excluding tert-OH is 3. The van der Waals surface area contributed by atoms with Crippen LogP contribution < -0.4 is 34.3 Å². The van der Waals surface area contributed by atoms with Gasteiger partial charge in [-0.25, -0.2) is 0 Å². The van der Waals surface area contributed by atoms with Crippen molar-refractivity contribution in [2.45, 2.75) is 80.1 Å². The molecule has 0 bridgehead atoms. The fourth-order valence-electron chi connectivity index (χ4n) is 3.95. The third-order valence-corrected chi connectivity index (χ3v) is 8.18. The van der Waals surface area contributed by atoms with Gasteiger partial charge in [-0.15, -0.1) is 0 Å². The lowest BCUT2D eigenvalue weighted by molar-refractivity contribution is -0.910. The highest BCUT2D eigenvalue weighted by molar-refractivity contribution is 5.70. The average Bonchev–Trinajstić information content (AvgIpc) is 3.21. The van der Waals surface area contributed by atoms with Gasteiger partial charge in [-0.2, -0.15) is 0 Å². The number of hydrogen-bond donors (Lipinski definition) is 4. The number of carbonyl (C=O) groups excluding carboxylic acids is 6. The van der Waals surface area contributed by atoms with Gasteiger partial charge in [-0.05, 0) is 14.1 Å². The standard InChI is InChI=1S/C13H26NO5.2C11H21NO4.C5H13NO2.BrH.ClH/c1-4-12(16)18-10-7-14(3,6-9-15)8-11-19-13(17)5-2;2*1-4-10(13)15-8-6-12(3)7-9-16-11(14)5-2;1-6(2-4-7)3-5-8;;/h15H,4-11H2,1-3H3;2*4-9H2,1-3H3;7-8H,2-5H2,1H3;2*1H/q+1;;;;;/p-1. The Kier molecular flexibility index (Phi) is 57.3. The molecule has 0 fully saturated rings. The maximum Gasteiger partial charge on any atom is 0.305 e. The van der Waals surface area contributed by atoms with Gasteiger partial charge >= 0.3 is 35.8 Å². The predicted octanol–water partition coefficient (Wildman–Crippen LogP) is -6.53. The number of nitrogens with zero attached hydrogens (tertiary/aromatic N) is 3. The third kappa shape index (κ3) is 53.4. The number of halogens is 2. The molecule has 0 aliphatic rings. The molecule has 61 heavy (non-hydrogen) atoms.